The highest BCUT2D eigenvalue weighted by atomic mass is 28.4. The van der Waals surface area contributed by atoms with E-state index in [1.165, 1.54) is 30.8 Å². The molecule has 5 heteroatoms. The standard InChI is InChI=1S/C13H29NO2Si2/c1-6-13(15)16-11-12-17-14(7-2)18(8-3,9-4)10-5/h6H,1,7-12,17H2,2-5H3. The van der Waals surface area contributed by atoms with Crippen LogP contribution in [0.1, 0.15) is 27.7 Å². The van der Waals surface area contributed by atoms with Crippen LogP contribution in [0.25, 0.3) is 0 Å². The molecule has 0 aliphatic carbocycles. The Kier molecular flexibility index (Phi) is 9.31. The van der Waals surface area contributed by atoms with Crippen molar-refractivity contribution in [3.63, 3.8) is 0 Å². The number of carbonyl (C=O) groups is 1. The highest BCUT2D eigenvalue weighted by Crippen LogP contribution is 2.24. The van der Waals surface area contributed by atoms with Gasteiger partial charge in [-0.2, -0.15) is 0 Å². The first-order chi connectivity index (χ1) is 8.60. The van der Waals surface area contributed by atoms with Gasteiger partial charge in [0.15, 0.2) is 0 Å². The van der Waals surface area contributed by atoms with Gasteiger partial charge in [0.1, 0.15) is 8.24 Å². The van der Waals surface area contributed by atoms with Gasteiger partial charge in [0.05, 0.1) is 16.3 Å². The van der Waals surface area contributed by atoms with E-state index in [0.717, 1.165) is 6.04 Å². The van der Waals surface area contributed by atoms with Gasteiger partial charge in [-0.25, -0.2) is 4.79 Å². The molecule has 0 aromatic heterocycles. The molecular weight excluding hydrogens is 258 g/mol. The van der Waals surface area contributed by atoms with Gasteiger partial charge in [-0.1, -0.05) is 34.3 Å². The van der Waals surface area contributed by atoms with Crippen LogP contribution < -0.4 is 0 Å². The minimum absolute atomic E-state index is 0.279. The summed E-state index contributed by atoms with van der Waals surface area (Å²) in [5, 5.41) is 0. The van der Waals surface area contributed by atoms with Crippen molar-refractivity contribution < 1.29 is 9.53 Å². The predicted octanol–water partition coefficient (Wildman–Crippen LogP) is 2.54. The van der Waals surface area contributed by atoms with E-state index in [2.05, 4.69) is 38.5 Å². The van der Waals surface area contributed by atoms with Crippen LogP contribution in [0.2, 0.25) is 24.2 Å². The SMILES string of the molecule is C=CC(=O)OCC[SiH2]N(CC)[Si](CC)(CC)CC. The first kappa shape index (κ1) is 17.6. The fourth-order valence-electron chi connectivity index (χ4n) is 2.64. The number of esters is 1. The second-order valence-electron chi connectivity index (χ2n) is 4.59. The Morgan fingerprint density at radius 3 is 2.22 bits per heavy atom. The Hall–Kier alpha value is -0.396. The summed E-state index contributed by atoms with van der Waals surface area (Å²) in [7, 11) is -1.48. The van der Waals surface area contributed by atoms with Crippen molar-refractivity contribution in [1.29, 1.82) is 0 Å². The molecule has 0 aromatic rings. The van der Waals surface area contributed by atoms with E-state index in [9.17, 15) is 4.79 Å². The highest BCUT2D eigenvalue weighted by Gasteiger charge is 2.32. The fourth-order valence-corrected chi connectivity index (χ4v) is 11.5. The summed E-state index contributed by atoms with van der Waals surface area (Å²) in [6.07, 6.45) is 1.24. The maximum atomic E-state index is 11.0. The van der Waals surface area contributed by atoms with Gasteiger partial charge in [-0.15, -0.1) is 0 Å². The van der Waals surface area contributed by atoms with E-state index in [1.807, 2.05) is 0 Å². The summed E-state index contributed by atoms with van der Waals surface area (Å²) in [5.41, 5.74) is 0. The third kappa shape index (κ3) is 5.08. The molecule has 0 radical (unpaired) electrons. The Bertz CT molecular complexity index is 247. The molecule has 0 bridgehead atoms. The first-order valence-corrected chi connectivity index (χ1v) is 11.3. The third-order valence-corrected chi connectivity index (χ3v) is 13.9. The molecule has 0 unspecified atom stereocenters. The molecule has 0 amide bonds. The maximum Gasteiger partial charge on any atom is 0.330 e. The molecule has 0 N–H and O–H groups in total. The number of carbonyl (C=O) groups excluding carboxylic acids is 1. The van der Waals surface area contributed by atoms with E-state index in [-0.39, 0.29) is 15.7 Å². The molecule has 0 saturated carbocycles. The first-order valence-electron chi connectivity index (χ1n) is 7.14. The lowest BCUT2D eigenvalue weighted by atomic mass is 10.6. The molecular formula is C13H29NO2Si2. The van der Waals surface area contributed by atoms with Crippen LogP contribution in [0.4, 0.5) is 0 Å². The number of nitrogens with zero attached hydrogens (tertiary/aromatic N) is 1. The summed E-state index contributed by atoms with van der Waals surface area (Å²) in [6.45, 7) is 14.4. The molecule has 0 aliphatic heterocycles. The number of hydrogen-bond acceptors (Lipinski definition) is 3. The van der Waals surface area contributed by atoms with Crippen LogP contribution in [0.5, 0.6) is 0 Å². The molecule has 106 valence electrons. The second kappa shape index (κ2) is 9.52. The normalized spacial score (nSPS) is 12.3. The van der Waals surface area contributed by atoms with Crippen molar-refractivity contribution in [3.8, 4) is 0 Å². The predicted molar refractivity (Wildman–Crippen MR) is 84.1 cm³/mol. The molecule has 0 spiro atoms. The number of ether oxygens (including phenoxy) is 1. The van der Waals surface area contributed by atoms with Crippen molar-refractivity contribution >= 4 is 23.9 Å². The third-order valence-electron chi connectivity index (χ3n) is 4.01. The van der Waals surface area contributed by atoms with Crippen LogP contribution >= 0.6 is 0 Å². The van der Waals surface area contributed by atoms with Crippen molar-refractivity contribution in [2.45, 2.75) is 51.9 Å². The number of rotatable bonds is 10. The zero-order valence-corrected chi connectivity index (χ0v) is 14.9. The lowest BCUT2D eigenvalue weighted by Gasteiger charge is -2.40. The van der Waals surface area contributed by atoms with Crippen LogP contribution in [0.3, 0.4) is 0 Å². The minimum atomic E-state index is -1.20. The van der Waals surface area contributed by atoms with E-state index < -0.39 is 8.24 Å². The zero-order valence-electron chi connectivity index (χ0n) is 12.5. The van der Waals surface area contributed by atoms with Crippen molar-refractivity contribution in [3.05, 3.63) is 12.7 Å². The molecule has 0 rings (SSSR count). The van der Waals surface area contributed by atoms with Crippen molar-refractivity contribution in [1.82, 2.24) is 4.23 Å². The lowest BCUT2D eigenvalue weighted by molar-refractivity contribution is -0.137. The Balaban J connectivity index is 4.24. The molecule has 18 heavy (non-hydrogen) atoms. The van der Waals surface area contributed by atoms with Gasteiger partial charge < -0.3 is 8.97 Å². The summed E-state index contributed by atoms with van der Waals surface area (Å²) in [5.74, 6) is -0.294. The Morgan fingerprint density at radius 2 is 1.83 bits per heavy atom. The quantitative estimate of drug-likeness (QED) is 0.268. The molecule has 0 saturated heterocycles. The van der Waals surface area contributed by atoms with Crippen molar-refractivity contribution in [2.24, 2.45) is 0 Å². The smallest absolute Gasteiger partial charge is 0.330 e. The van der Waals surface area contributed by atoms with Crippen LogP contribution in [0.15, 0.2) is 12.7 Å². The number of hydrogen-bond donors (Lipinski definition) is 0. The molecule has 0 atom stereocenters. The van der Waals surface area contributed by atoms with Gasteiger partial charge in [0.25, 0.3) is 0 Å². The minimum Gasteiger partial charge on any atom is -0.463 e. The van der Waals surface area contributed by atoms with E-state index in [1.54, 1.807) is 0 Å². The van der Waals surface area contributed by atoms with Gasteiger partial charge in [-0.05, 0) is 30.7 Å². The monoisotopic (exact) mass is 287 g/mol. The highest BCUT2D eigenvalue weighted by molar-refractivity contribution is 6.82. The van der Waals surface area contributed by atoms with Gasteiger partial charge in [0, 0.05) is 6.08 Å². The zero-order chi connectivity index (χ0) is 14.0. The van der Waals surface area contributed by atoms with E-state index in [0.29, 0.717) is 6.61 Å². The largest absolute Gasteiger partial charge is 0.463 e. The average molecular weight is 288 g/mol. The Labute approximate surface area is 116 Å². The fraction of sp³-hybridized carbons (Fsp3) is 0.769. The summed E-state index contributed by atoms with van der Waals surface area (Å²) >= 11 is 0. The lowest BCUT2D eigenvalue weighted by Crippen LogP contribution is -2.53. The Morgan fingerprint density at radius 1 is 1.28 bits per heavy atom. The van der Waals surface area contributed by atoms with Crippen LogP contribution in [0, 0.1) is 0 Å². The van der Waals surface area contributed by atoms with Gasteiger partial charge in [0.2, 0.25) is 0 Å². The van der Waals surface area contributed by atoms with Gasteiger partial charge in [-0.3, -0.25) is 0 Å². The molecule has 0 fully saturated rings. The summed E-state index contributed by atoms with van der Waals surface area (Å²) in [4.78, 5) is 11.0. The molecule has 0 heterocycles. The average Bonchev–Trinajstić information content (AvgIpc) is 2.42. The van der Waals surface area contributed by atoms with Crippen LogP contribution in [-0.2, 0) is 9.53 Å². The summed E-state index contributed by atoms with van der Waals surface area (Å²) < 4.78 is 7.87. The van der Waals surface area contributed by atoms with Gasteiger partial charge >= 0.3 is 5.97 Å². The van der Waals surface area contributed by atoms with Crippen LogP contribution in [-0.4, -0.2) is 41.3 Å². The molecule has 0 aliphatic rings. The van der Waals surface area contributed by atoms with E-state index in [4.69, 9.17) is 4.74 Å². The van der Waals surface area contributed by atoms with Crippen molar-refractivity contribution in [2.75, 3.05) is 13.2 Å². The van der Waals surface area contributed by atoms with E-state index >= 15 is 0 Å². The summed E-state index contributed by atoms with van der Waals surface area (Å²) in [6, 6.07) is 5.08. The topological polar surface area (TPSA) is 29.5 Å². The molecule has 3 nitrogen and oxygen atoms in total. The second-order valence-corrected chi connectivity index (χ2v) is 12.3. The maximum absolute atomic E-state index is 11.0. The molecule has 0 aromatic carbocycles.